The molecule has 94 valence electrons. The van der Waals surface area contributed by atoms with Crippen LogP contribution in [0, 0.1) is 0 Å². The zero-order valence-electron chi connectivity index (χ0n) is 9.81. The van der Waals surface area contributed by atoms with Gasteiger partial charge in [-0.1, -0.05) is 0 Å². The smallest absolute Gasteiger partial charge is 0.251 e. The molecule has 0 bridgehead atoms. The number of benzene rings is 1. The van der Waals surface area contributed by atoms with Crippen LogP contribution >= 0.6 is 15.9 Å². The lowest BCUT2D eigenvalue weighted by Gasteiger charge is -2.11. The van der Waals surface area contributed by atoms with Crippen LogP contribution in [0.25, 0.3) is 0 Å². The summed E-state index contributed by atoms with van der Waals surface area (Å²) in [6.45, 7) is 1.86. The molecular formula is C13H13BrN2O2. The van der Waals surface area contributed by atoms with E-state index >= 15 is 0 Å². The number of carbonyl (C=O) groups excluding carboxylic acids is 1. The molecule has 0 fully saturated rings. The molecule has 2 aromatic rings. The van der Waals surface area contributed by atoms with E-state index in [0.717, 1.165) is 5.76 Å². The summed E-state index contributed by atoms with van der Waals surface area (Å²) in [6, 6.07) is 8.51. The molecule has 0 saturated heterocycles. The van der Waals surface area contributed by atoms with Gasteiger partial charge in [-0.15, -0.1) is 0 Å². The topological polar surface area (TPSA) is 68.3 Å². The van der Waals surface area contributed by atoms with Crippen molar-refractivity contribution < 1.29 is 9.21 Å². The summed E-state index contributed by atoms with van der Waals surface area (Å²) in [5.41, 5.74) is 6.83. The number of halogens is 1. The molecule has 0 aliphatic heterocycles. The van der Waals surface area contributed by atoms with E-state index in [1.165, 1.54) is 0 Å². The van der Waals surface area contributed by atoms with E-state index < -0.39 is 0 Å². The number of furan rings is 1. The van der Waals surface area contributed by atoms with Gasteiger partial charge in [-0.2, -0.15) is 0 Å². The molecule has 18 heavy (non-hydrogen) atoms. The molecule has 3 N–H and O–H groups in total. The first-order valence-corrected chi connectivity index (χ1v) is 6.26. The Labute approximate surface area is 113 Å². The summed E-state index contributed by atoms with van der Waals surface area (Å²) < 4.78 is 5.94. The average molecular weight is 309 g/mol. The lowest BCUT2D eigenvalue weighted by molar-refractivity contribution is 0.0935. The van der Waals surface area contributed by atoms with Gasteiger partial charge in [0.25, 0.3) is 5.91 Å². The van der Waals surface area contributed by atoms with Gasteiger partial charge >= 0.3 is 0 Å². The zero-order chi connectivity index (χ0) is 13.1. The molecular weight excluding hydrogens is 296 g/mol. The Hall–Kier alpha value is -1.75. The van der Waals surface area contributed by atoms with E-state index in [0.29, 0.717) is 15.7 Å². The number of amides is 1. The van der Waals surface area contributed by atoms with Gasteiger partial charge in [-0.3, -0.25) is 4.79 Å². The summed E-state index contributed by atoms with van der Waals surface area (Å²) in [5.74, 6) is 0.553. The Balaban J connectivity index is 2.10. The molecule has 0 radical (unpaired) electrons. The number of rotatable bonds is 3. The number of hydrogen-bond acceptors (Lipinski definition) is 3. The molecule has 1 aromatic heterocycles. The summed E-state index contributed by atoms with van der Waals surface area (Å²) in [6.07, 6.45) is 1.58. The van der Waals surface area contributed by atoms with Gasteiger partial charge in [0.2, 0.25) is 0 Å². The van der Waals surface area contributed by atoms with Crippen LogP contribution in [0.3, 0.4) is 0 Å². The zero-order valence-corrected chi connectivity index (χ0v) is 11.4. The lowest BCUT2D eigenvalue weighted by atomic mass is 10.1. The fourth-order valence-electron chi connectivity index (χ4n) is 1.56. The summed E-state index contributed by atoms with van der Waals surface area (Å²) in [7, 11) is 0. The third kappa shape index (κ3) is 2.73. The monoisotopic (exact) mass is 308 g/mol. The summed E-state index contributed by atoms with van der Waals surface area (Å²) >= 11 is 3.30. The van der Waals surface area contributed by atoms with Crippen LogP contribution in [-0.2, 0) is 0 Å². The fourth-order valence-corrected chi connectivity index (χ4v) is 1.94. The van der Waals surface area contributed by atoms with Crippen LogP contribution in [0.5, 0.6) is 0 Å². The molecule has 0 aliphatic rings. The Bertz CT molecular complexity index is 552. The van der Waals surface area contributed by atoms with Crippen molar-refractivity contribution in [3.05, 3.63) is 52.4 Å². The number of hydrogen-bond donors (Lipinski definition) is 2. The van der Waals surface area contributed by atoms with E-state index in [1.54, 1.807) is 30.5 Å². The SMILES string of the molecule is CC(NC(=O)c1ccc(N)c(Br)c1)c1ccco1. The Morgan fingerprint density at radius 2 is 2.22 bits per heavy atom. The van der Waals surface area contributed by atoms with E-state index in [-0.39, 0.29) is 11.9 Å². The number of nitrogens with two attached hydrogens (primary N) is 1. The molecule has 1 unspecified atom stereocenters. The van der Waals surface area contributed by atoms with Gasteiger partial charge in [0.15, 0.2) is 0 Å². The third-order valence-electron chi connectivity index (χ3n) is 2.58. The van der Waals surface area contributed by atoms with Gasteiger partial charge in [0, 0.05) is 15.7 Å². The van der Waals surface area contributed by atoms with Gasteiger partial charge in [-0.25, -0.2) is 0 Å². The number of nitrogen functional groups attached to an aromatic ring is 1. The standard InChI is InChI=1S/C13H13BrN2O2/c1-8(12-3-2-6-18-12)16-13(17)9-4-5-11(15)10(14)7-9/h2-8H,15H2,1H3,(H,16,17). The quantitative estimate of drug-likeness (QED) is 0.856. The van der Waals surface area contributed by atoms with Gasteiger partial charge < -0.3 is 15.5 Å². The van der Waals surface area contributed by atoms with Crippen LogP contribution in [0.4, 0.5) is 5.69 Å². The van der Waals surface area contributed by atoms with Crippen LogP contribution in [0.15, 0.2) is 45.5 Å². The van der Waals surface area contributed by atoms with Crippen molar-refractivity contribution in [1.29, 1.82) is 0 Å². The summed E-state index contributed by atoms with van der Waals surface area (Å²) in [4.78, 5) is 12.0. The van der Waals surface area contributed by atoms with Crippen molar-refractivity contribution in [2.45, 2.75) is 13.0 Å². The molecule has 1 amide bonds. The second-order valence-electron chi connectivity index (χ2n) is 3.95. The van der Waals surface area contributed by atoms with Crippen molar-refractivity contribution in [3.8, 4) is 0 Å². The van der Waals surface area contributed by atoms with Crippen molar-refractivity contribution >= 4 is 27.5 Å². The Morgan fingerprint density at radius 1 is 1.44 bits per heavy atom. The molecule has 0 saturated carbocycles. The van der Waals surface area contributed by atoms with Crippen molar-refractivity contribution in [2.24, 2.45) is 0 Å². The number of anilines is 1. The molecule has 5 heteroatoms. The van der Waals surface area contributed by atoms with Crippen molar-refractivity contribution in [3.63, 3.8) is 0 Å². The van der Waals surface area contributed by atoms with Gasteiger partial charge in [-0.05, 0) is 53.2 Å². The average Bonchev–Trinajstić information content (AvgIpc) is 2.86. The highest BCUT2D eigenvalue weighted by molar-refractivity contribution is 9.10. The first-order chi connectivity index (χ1) is 8.58. The van der Waals surface area contributed by atoms with Crippen molar-refractivity contribution in [1.82, 2.24) is 5.32 Å². The largest absolute Gasteiger partial charge is 0.467 e. The Kier molecular flexibility index (Phi) is 3.72. The minimum atomic E-state index is -0.177. The third-order valence-corrected chi connectivity index (χ3v) is 3.27. The van der Waals surface area contributed by atoms with Gasteiger partial charge in [0.1, 0.15) is 5.76 Å². The maximum absolute atomic E-state index is 12.0. The molecule has 0 aliphatic carbocycles. The minimum absolute atomic E-state index is 0.167. The van der Waals surface area contributed by atoms with Crippen molar-refractivity contribution in [2.75, 3.05) is 5.73 Å². The highest BCUT2D eigenvalue weighted by Gasteiger charge is 2.13. The molecule has 0 spiro atoms. The van der Waals surface area contributed by atoms with E-state index in [2.05, 4.69) is 21.2 Å². The van der Waals surface area contributed by atoms with E-state index in [1.807, 2.05) is 13.0 Å². The lowest BCUT2D eigenvalue weighted by Crippen LogP contribution is -2.26. The molecule has 1 heterocycles. The predicted molar refractivity (Wildman–Crippen MR) is 73.1 cm³/mol. The molecule has 1 aromatic carbocycles. The maximum Gasteiger partial charge on any atom is 0.251 e. The van der Waals surface area contributed by atoms with E-state index in [9.17, 15) is 4.79 Å². The normalized spacial score (nSPS) is 12.1. The first-order valence-electron chi connectivity index (χ1n) is 5.47. The number of carbonyl (C=O) groups is 1. The second kappa shape index (κ2) is 5.27. The fraction of sp³-hybridized carbons (Fsp3) is 0.154. The van der Waals surface area contributed by atoms with Crippen LogP contribution in [0.2, 0.25) is 0 Å². The van der Waals surface area contributed by atoms with Crippen LogP contribution in [-0.4, -0.2) is 5.91 Å². The second-order valence-corrected chi connectivity index (χ2v) is 4.80. The molecule has 2 rings (SSSR count). The maximum atomic E-state index is 12.0. The number of nitrogens with one attached hydrogen (secondary N) is 1. The highest BCUT2D eigenvalue weighted by Crippen LogP contribution is 2.21. The highest BCUT2D eigenvalue weighted by atomic mass is 79.9. The Morgan fingerprint density at radius 3 is 2.83 bits per heavy atom. The predicted octanol–water partition coefficient (Wildman–Crippen LogP) is 3.12. The van der Waals surface area contributed by atoms with Crippen LogP contribution in [0.1, 0.15) is 29.1 Å². The molecule has 4 nitrogen and oxygen atoms in total. The molecule has 1 atom stereocenters. The van der Waals surface area contributed by atoms with Gasteiger partial charge in [0.05, 0.1) is 12.3 Å². The first kappa shape index (κ1) is 12.7. The minimum Gasteiger partial charge on any atom is -0.467 e. The van der Waals surface area contributed by atoms with E-state index in [4.69, 9.17) is 10.2 Å². The van der Waals surface area contributed by atoms with Crippen LogP contribution < -0.4 is 11.1 Å². The summed E-state index contributed by atoms with van der Waals surface area (Å²) in [5, 5.41) is 2.85.